The van der Waals surface area contributed by atoms with Crippen LogP contribution in [0.2, 0.25) is 0 Å². The standard InChI is InChI=1S/C9H13NO3S/c1-4-13-9(11)7(12-3)8-10-6(2)5-14-8/h5,7H,4H2,1-3H3/t7-/m1/s1. The molecular formula is C9H13NO3S. The molecule has 1 heterocycles. The summed E-state index contributed by atoms with van der Waals surface area (Å²) in [5.74, 6) is -0.385. The third-order valence-electron chi connectivity index (χ3n) is 1.60. The highest BCUT2D eigenvalue weighted by atomic mass is 32.1. The van der Waals surface area contributed by atoms with Crippen molar-refractivity contribution in [2.75, 3.05) is 13.7 Å². The van der Waals surface area contributed by atoms with Crippen molar-refractivity contribution >= 4 is 17.3 Å². The number of rotatable bonds is 4. The largest absolute Gasteiger partial charge is 0.464 e. The number of ether oxygens (including phenoxy) is 2. The molecule has 0 aliphatic rings. The van der Waals surface area contributed by atoms with E-state index < -0.39 is 6.10 Å². The number of hydrogen-bond acceptors (Lipinski definition) is 5. The number of carbonyl (C=O) groups is 1. The molecule has 0 spiro atoms. The van der Waals surface area contributed by atoms with Gasteiger partial charge in [-0.05, 0) is 13.8 Å². The molecule has 0 aliphatic carbocycles. The molecule has 14 heavy (non-hydrogen) atoms. The van der Waals surface area contributed by atoms with Crippen LogP contribution < -0.4 is 0 Å². The van der Waals surface area contributed by atoms with E-state index in [9.17, 15) is 4.79 Å². The van der Waals surface area contributed by atoms with Gasteiger partial charge in [0.1, 0.15) is 5.01 Å². The van der Waals surface area contributed by atoms with E-state index in [1.54, 1.807) is 6.92 Å². The summed E-state index contributed by atoms with van der Waals surface area (Å²) in [7, 11) is 1.47. The second-order valence-electron chi connectivity index (χ2n) is 2.69. The van der Waals surface area contributed by atoms with Crippen molar-refractivity contribution in [3.05, 3.63) is 16.1 Å². The van der Waals surface area contributed by atoms with Crippen LogP contribution in [0.15, 0.2) is 5.38 Å². The summed E-state index contributed by atoms with van der Waals surface area (Å²) in [6.07, 6.45) is -0.686. The summed E-state index contributed by atoms with van der Waals surface area (Å²) < 4.78 is 9.90. The van der Waals surface area contributed by atoms with Gasteiger partial charge >= 0.3 is 5.97 Å². The van der Waals surface area contributed by atoms with Crippen LogP contribution in [0.25, 0.3) is 0 Å². The molecule has 78 valence electrons. The fourth-order valence-corrected chi connectivity index (χ4v) is 1.87. The maximum atomic E-state index is 11.4. The van der Waals surface area contributed by atoms with Gasteiger partial charge in [-0.3, -0.25) is 0 Å². The van der Waals surface area contributed by atoms with Crippen molar-refractivity contribution in [2.24, 2.45) is 0 Å². The highest BCUT2D eigenvalue weighted by Gasteiger charge is 2.24. The first-order valence-electron chi connectivity index (χ1n) is 4.30. The topological polar surface area (TPSA) is 48.4 Å². The van der Waals surface area contributed by atoms with Crippen LogP contribution in [-0.2, 0) is 14.3 Å². The molecule has 0 saturated heterocycles. The molecule has 5 heteroatoms. The number of aromatic nitrogens is 1. The number of aryl methyl sites for hydroxylation is 1. The predicted octanol–water partition coefficient (Wildman–Crippen LogP) is 1.70. The van der Waals surface area contributed by atoms with E-state index in [0.29, 0.717) is 11.6 Å². The zero-order valence-corrected chi connectivity index (χ0v) is 9.26. The summed E-state index contributed by atoms with van der Waals surface area (Å²) in [4.78, 5) is 15.6. The minimum absolute atomic E-state index is 0.350. The van der Waals surface area contributed by atoms with E-state index in [1.807, 2.05) is 12.3 Å². The van der Waals surface area contributed by atoms with E-state index in [2.05, 4.69) is 4.98 Å². The molecule has 0 amide bonds. The zero-order valence-electron chi connectivity index (χ0n) is 8.44. The van der Waals surface area contributed by atoms with Gasteiger partial charge in [0.25, 0.3) is 0 Å². The van der Waals surface area contributed by atoms with Crippen molar-refractivity contribution in [2.45, 2.75) is 20.0 Å². The van der Waals surface area contributed by atoms with Crippen LogP contribution in [0.3, 0.4) is 0 Å². The Hall–Kier alpha value is -0.940. The van der Waals surface area contributed by atoms with E-state index in [4.69, 9.17) is 9.47 Å². The minimum Gasteiger partial charge on any atom is -0.464 e. The highest BCUT2D eigenvalue weighted by molar-refractivity contribution is 7.09. The molecule has 0 fully saturated rings. The number of hydrogen-bond donors (Lipinski definition) is 0. The van der Waals surface area contributed by atoms with Crippen LogP contribution in [0, 0.1) is 6.92 Å². The fraction of sp³-hybridized carbons (Fsp3) is 0.556. The molecule has 0 aliphatic heterocycles. The van der Waals surface area contributed by atoms with Gasteiger partial charge in [-0.1, -0.05) is 0 Å². The number of methoxy groups -OCH3 is 1. The van der Waals surface area contributed by atoms with Crippen LogP contribution in [0.1, 0.15) is 23.7 Å². The number of esters is 1. The summed E-state index contributed by atoms with van der Waals surface area (Å²) in [5, 5.41) is 2.52. The smallest absolute Gasteiger partial charge is 0.342 e. The van der Waals surface area contributed by atoms with Crippen LogP contribution in [-0.4, -0.2) is 24.7 Å². The van der Waals surface area contributed by atoms with E-state index in [0.717, 1.165) is 5.69 Å². The Morgan fingerprint density at radius 1 is 1.71 bits per heavy atom. The van der Waals surface area contributed by atoms with Crippen molar-refractivity contribution in [3.63, 3.8) is 0 Å². The van der Waals surface area contributed by atoms with Gasteiger partial charge in [-0.25, -0.2) is 9.78 Å². The SMILES string of the molecule is CCOC(=O)[C@H](OC)c1nc(C)cs1. The van der Waals surface area contributed by atoms with Crippen molar-refractivity contribution in [1.82, 2.24) is 4.98 Å². The molecule has 0 bridgehead atoms. The molecule has 1 rings (SSSR count). The fourth-order valence-electron chi connectivity index (χ4n) is 1.01. The summed E-state index contributed by atoms with van der Waals surface area (Å²) in [6, 6.07) is 0. The normalized spacial score (nSPS) is 12.5. The average Bonchev–Trinajstić information content (AvgIpc) is 2.54. The number of nitrogens with zero attached hydrogens (tertiary/aromatic N) is 1. The van der Waals surface area contributed by atoms with Gasteiger partial charge in [0, 0.05) is 18.2 Å². The lowest BCUT2D eigenvalue weighted by Crippen LogP contribution is -2.17. The minimum atomic E-state index is -0.686. The maximum Gasteiger partial charge on any atom is 0.342 e. The van der Waals surface area contributed by atoms with E-state index in [1.165, 1.54) is 18.4 Å². The van der Waals surface area contributed by atoms with Crippen LogP contribution in [0.5, 0.6) is 0 Å². The second kappa shape index (κ2) is 5.07. The van der Waals surface area contributed by atoms with Gasteiger partial charge in [0.2, 0.25) is 6.10 Å². The van der Waals surface area contributed by atoms with Crippen molar-refractivity contribution in [1.29, 1.82) is 0 Å². The molecular weight excluding hydrogens is 202 g/mol. The van der Waals surface area contributed by atoms with Crippen molar-refractivity contribution in [3.8, 4) is 0 Å². The summed E-state index contributed by atoms with van der Waals surface area (Å²) >= 11 is 1.40. The molecule has 1 atom stereocenters. The predicted molar refractivity (Wildman–Crippen MR) is 53.2 cm³/mol. The second-order valence-corrected chi connectivity index (χ2v) is 3.58. The Morgan fingerprint density at radius 2 is 2.43 bits per heavy atom. The summed E-state index contributed by atoms with van der Waals surface area (Å²) in [5.41, 5.74) is 0.886. The molecule has 1 aromatic rings. The van der Waals surface area contributed by atoms with E-state index in [-0.39, 0.29) is 5.97 Å². The molecule has 0 unspecified atom stereocenters. The Bertz CT molecular complexity index is 311. The maximum absolute atomic E-state index is 11.4. The number of carbonyl (C=O) groups excluding carboxylic acids is 1. The highest BCUT2D eigenvalue weighted by Crippen LogP contribution is 2.21. The monoisotopic (exact) mass is 215 g/mol. The first-order valence-corrected chi connectivity index (χ1v) is 5.18. The third kappa shape index (κ3) is 2.52. The van der Waals surface area contributed by atoms with Gasteiger partial charge in [0.15, 0.2) is 0 Å². The Labute approximate surface area is 86.9 Å². The zero-order chi connectivity index (χ0) is 10.6. The molecule has 1 aromatic heterocycles. The molecule has 0 aromatic carbocycles. The third-order valence-corrected chi connectivity index (χ3v) is 2.60. The first-order chi connectivity index (χ1) is 6.69. The quantitative estimate of drug-likeness (QED) is 0.717. The van der Waals surface area contributed by atoms with Gasteiger partial charge in [0.05, 0.1) is 6.61 Å². The molecule has 0 radical (unpaired) electrons. The Kier molecular flexibility index (Phi) is 4.03. The van der Waals surface area contributed by atoms with Crippen LogP contribution in [0.4, 0.5) is 0 Å². The first kappa shape index (κ1) is 11.1. The number of thiazole rings is 1. The molecule has 4 nitrogen and oxygen atoms in total. The van der Waals surface area contributed by atoms with Gasteiger partial charge < -0.3 is 9.47 Å². The lowest BCUT2D eigenvalue weighted by atomic mass is 10.4. The molecule has 0 N–H and O–H groups in total. The lowest BCUT2D eigenvalue weighted by molar-refractivity contribution is -0.155. The molecule has 0 saturated carbocycles. The Balaban J connectivity index is 2.76. The Morgan fingerprint density at radius 3 is 2.86 bits per heavy atom. The summed E-state index contributed by atoms with van der Waals surface area (Å²) in [6.45, 7) is 3.98. The van der Waals surface area contributed by atoms with Crippen LogP contribution >= 0.6 is 11.3 Å². The van der Waals surface area contributed by atoms with Crippen molar-refractivity contribution < 1.29 is 14.3 Å². The lowest BCUT2D eigenvalue weighted by Gasteiger charge is -2.10. The van der Waals surface area contributed by atoms with Gasteiger partial charge in [-0.2, -0.15) is 0 Å². The average molecular weight is 215 g/mol. The van der Waals surface area contributed by atoms with E-state index >= 15 is 0 Å². The van der Waals surface area contributed by atoms with Gasteiger partial charge in [-0.15, -0.1) is 11.3 Å².